The molecule has 4 nitrogen and oxygen atoms in total. The molecule has 0 radical (unpaired) electrons. The van der Waals surface area contributed by atoms with Crippen molar-refractivity contribution < 1.29 is 32.2 Å². The van der Waals surface area contributed by atoms with Crippen LogP contribution in [-0.4, -0.2) is 31.3 Å². The third-order valence-electron chi connectivity index (χ3n) is 2.89. The van der Waals surface area contributed by atoms with Crippen molar-refractivity contribution >= 4 is 11.9 Å². The van der Waals surface area contributed by atoms with Crippen molar-refractivity contribution in [1.29, 1.82) is 0 Å². The summed E-state index contributed by atoms with van der Waals surface area (Å²) in [6, 6.07) is 0. The first-order chi connectivity index (χ1) is 9.73. The molecule has 21 heavy (non-hydrogen) atoms. The number of hydrogen-bond acceptors (Lipinski definition) is 4. The number of ether oxygens (including phenoxy) is 2. The van der Waals surface area contributed by atoms with E-state index in [1.54, 1.807) is 13.8 Å². The Morgan fingerprint density at radius 1 is 1.05 bits per heavy atom. The second-order valence-corrected chi connectivity index (χ2v) is 4.48. The molecule has 7 heteroatoms. The lowest BCUT2D eigenvalue weighted by Crippen LogP contribution is -2.42. The van der Waals surface area contributed by atoms with Crippen LogP contribution >= 0.6 is 0 Å². The molecule has 0 heterocycles. The van der Waals surface area contributed by atoms with Crippen LogP contribution in [-0.2, 0) is 19.1 Å². The number of esters is 2. The first-order valence-corrected chi connectivity index (χ1v) is 6.75. The summed E-state index contributed by atoms with van der Waals surface area (Å²) in [5.41, 5.74) is -1.75. The molecule has 0 aliphatic carbocycles. The molecule has 0 spiro atoms. The Hall–Kier alpha value is -1.53. The molecule has 0 fully saturated rings. The Morgan fingerprint density at radius 3 is 1.86 bits per heavy atom. The summed E-state index contributed by atoms with van der Waals surface area (Å²) in [5.74, 6) is -1.74. The van der Waals surface area contributed by atoms with Gasteiger partial charge in [0.2, 0.25) is 0 Å². The number of allylic oxidation sites excluding steroid dienone is 1. The van der Waals surface area contributed by atoms with Crippen LogP contribution < -0.4 is 0 Å². The highest BCUT2D eigenvalue weighted by molar-refractivity contribution is 6.00. The van der Waals surface area contributed by atoms with E-state index in [4.69, 9.17) is 9.47 Å². The number of hydrogen-bond donors (Lipinski definition) is 0. The molecule has 122 valence electrons. The Morgan fingerprint density at radius 2 is 1.52 bits per heavy atom. The van der Waals surface area contributed by atoms with E-state index in [2.05, 4.69) is 6.58 Å². The van der Waals surface area contributed by atoms with Gasteiger partial charge in [-0.15, -0.1) is 6.58 Å². The highest BCUT2D eigenvalue weighted by Crippen LogP contribution is 2.35. The minimum Gasteiger partial charge on any atom is -0.465 e. The number of rotatable bonds is 9. The van der Waals surface area contributed by atoms with Gasteiger partial charge in [-0.3, -0.25) is 9.59 Å². The molecule has 0 amide bonds. The molecular formula is C14H21F3O4. The smallest absolute Gasteiger partial charge is 0.389 e. The van der Waals surface area contributed by atoms with Crippen molar-refractivity contribution in [2.24, 2.45) is 5.41 Å². The lowest BCUT2D eigenvalue weighted by molar-refractivity contribution is -0.174. The predicted molar refractivity (Wildman–Crippen MR) is 70.4 cm³/mol. The van der Waals surface area contributed by atoms with Crippen molar-refractivity contribution in [2.75, 3.05) is 13.2 Å². The summed E-state index contributed by atoms with van der Waals surface area (Å²) < 4.78 is 46.5. The Balaban J connectivity index is 5.21. The van der Waals surface area contributed by atoms with E-state index < -0.39 is 30.0 Å². The minimum absolute atomic E-state index is 0.0242. The monoisotopic (exact) mass is 310 g/mol. The zero-order valence-corrected chi connectivity index (χ0v) is 12.3. The normalized spacial score (nSPS) is 11.9. The minimum atomic E-state index is -4.34. The van der Waals surface area contributed by atoms with Crippen LogP contribution in [0.5, 0.6) is 0 Å². The van der Waals surface area contributed by atoms with Gasteiger partial charge in [0, 0.05) is 6.42 Å². The molecular weight excluding hydrogens is 289 g/mol. The molecule has 0 aromatic carbocycles. The molecule has 0 saturated carbocycles. The maximum atomic E-state index is 12.3. The van der Waals surface area contributed by atoms with E-state index >= 15 is 0 Å². The quantitative estimate of drug-likeness (QED) is 0.372. The summed E-state index contributed by atoms with van der Waals surface area (Å²) in [5, 5.41) is 0. The van der Waals surface area contributed by atoms with E-state index in [1.807, 2.05) is 0 Å². The Bertz CT molecular complexity index is 346. The van der Waals surface area contributed by atoms with Gasteiger partial charge in [0.15, 0.2) is 5.41 Å². The van der Waals surface area contributed by atoms with Crippen LogP contribution in [0.2, 0.25) is 0 Å². The van der Waals surface area contributed by atoms with E-state index in [1.165, 1.54) is 6.08 Å². The fraction of sp³-hybridized carbons (Fsp3) is 0.714. The average molecular weight is 310 g/mol. The first kappa shape index (κ1) is 19.5. The van der Waals surface area contributed by atoms with E-state index in [0.29, 0.717) is 0 Å². The third kappa shape index (κ3) is 6.18. The lowest BCUT2D eigenvalue weighted by Gasteiger charge is -2.28. The van der Waals surface area contributed by atoms with Gasteiger partial charge >= 0.3 is 18.1 Å². The number of alkyl halides is 3. The molecule has 0 saturated heterocycles. The zero-order chi connectivity index (χ0) is 16.5. The van der Waals surface area contributed by atoms with Crippen LogP contribution in [0.4, 0.5) is 13.2 Å². The van der Waals surface area contributed by atoms with Gasteiger partial charge in [0.1, 0.15) is 0 Å². The summed E-state index contributed by atoms with van der Waals surface area (Å²) in [7, 11) is 0. The molecule has 0 rings (SSSR count). The van der Waals surface area contributed by atoms with E-state index in [9.17, 15) is 22.8 Å². The number of carbonyl (C=O) groups is 2. The highest BCUT2D eigenvalue weighted by Gasteiger charge is 2.48. The summed E-state index contributed by atoms with van der Waals surface area (Å²) in [6.45, 7) is 6.60. The van der Waals surface area contributed by atoms with Gasteiger partial charge in [0.05, 0.1) is 13.2 Å². The van der Waals surface area contributed by atoms with Crippen LogP contribution in [0.3, 0.4) is 0 Å². The van der Waals surface area contributed by atoms with Gasteiger partial charge in [-0.05, 0) is 33.1 Å². The predicted octanol–water partition coefficient (Wildman–Crippen LogP) is 3.41. The topological polar surface area (TPSA) is 52.6 Å². The van der Waals surface area contributed by atoms with Crippen LogP contribution in [0.15, 0.2) is 12.7 Å². The largest absolute Gasteiger partial charge is 0.465 e. The van der Waals surface area contributed by atoms with E-state index in [0.717, 1.165) is 0 Å². The average Bonchev–Trinajstić information content (AvgIpc) is 2.36. The maximum Gasteiger partial charge on any atom is 0.389 e. The second-order valence-electron chi connectivity index (χ2n) is 4.48. The molecule has 0 N–H and O–H groups in total. The van der Waals surface area contributed by atoms with Crippen molar-refractivity contribution in [2.45, 2.75) is 45.7 Å². The van der Waals surface area contributed by atoms with Crippen molar-refractivity contribution in [1.82, 2.24) is 0 Å². The highest BCUT2D eigenvalue weighted by atomic mass is 19.4. The number of halogens is 3. The Kier molecular flexibility index (Phi) is 8.06. The van der Waals surface area contributed by atoms with Crippen LogP contribution in [0.25, 0.3) is 0 Å². The van der Waals surface area contributed by atoms with Crippen molar-refractivity contribution in [3.05, 3.63) is 12.7 Å². The molecule has 0 bridgehead atoms. The SMILES string of the molecule is C=CCC(CCCC(F)(F)F)(C(=O)OCC)C(=O)OCC. The summed E-state index contributed by atoms with van der Waals surface area (Å²) in [6.07, 6.45) is -4.90. The van der Waals surface area contributed by atoms with Gasteiger partial charge in [-0.2, -0.15) is 13.2 Å². The van der Waals surface area contributed by atoms with E-state index in [-0.39, 0.29) is 32.5 Å². The van der Waals surface area contributed by atoms with Crippen LogP contribution in [0, 0.1) is 5.41 Å². The summed E-state index contributed by atoms with van der Waals surface area (Å²) in [4.78, 5) is 24.1. The molecule has 0 aliphatic rings. The third-order valence-corrected chi connectivity index (χ3v) is 2.89. The molecule has 0 atom stereocenters. The lowest BCUT2D eigenvalue weighted by atomic mass is 9.79. The first-order valence-electron chi connectivity index (χ1n) is 6.75. The second kappa shape index (κ2) is 8.69. The molecule has 0 unspecified atom stereocenters. The van der Waals surface area contributed by atoms with Gasteiger partial charge in [0.25, 0.3) is 0 Å². The fourth-order valence-electron chi connectivity index (χ4n) is 1.93. The molecule has 0 aromatic heterocycles. The van der Waals surface area contributed by atoms with Crippen molar-refractivity contribution in [3.63, 3.8) is 0 Å². The van der Waals surface area contributed by atoms with Crippen LogP contribution in [0.1, 0.15) is 39.5 Å². The van der Waals surface area contributed by atoms with Gasteiger partial charge < -0.3 is 9.47 Å². The Labute approximate surface area is 122 Å². The standard InChI is InChI=1S/C14H21F3O4/c1-4-8-13(11(18)20-5-2,12(19)21-6-3)9-7-10-14(15,16)17/h4H,1,5-10H2,2-3H3. The van der Waals surface area contributed by atoms with Gasteiger partial charge in [-0.25, -0.2) is 0 Å². The van der Waals surface area contributed by atoms with Gasteiger partial charge in [-0.1, -0.05) is 6.08 Å². The molecule has 0 aromatic rings. The summed E-state index contributed by atoms with van der Waals surface area (Å²) >= 11 is 0. The zero-order valence-electron chi connectivity index (χ0n) is 12.3. The van der Waals surface area contributed by atoms with Crippen molar-refractivity contribution in [3.8, 4) is 0 Å². The number of carbonyl (C=O) groups excluding carboxylic acids is 2. The fourth-order valence-corrected chi connectivity index (χ4v) is 1.93. The maximum absolute atomic E-state index is 12.3. The molecule has 0 aliphatic heterocycles.